The first kappa shape index (κ1) is 14.0. The van der Waals surface area contributed by atoms with Crippen LogP contribution in [0.2, 0.25) is 0 Å². The van der Waals surface area contributed by atoms with Crippen LogP contribution in [-0.4, -0.2) is 17.6 Å². The average molecular weight is 213 g/mol. The van der Waals surface area contributed by atoms with E-state index in [4.69, 9.17) is 5.11 Å². The predicted octanol–water partition coefficient (Wildman–Crippen LogP) is 2.78. The third kappa shape index (κ3) is 6.15. The molecule has 0 aliphatic heterocycles. The van der Waals surface area contributed by atoms with E-state index in [9.17, 15) is 4.79 Å². The maximum atomic E-state index is 10.9. The Morgan fingerprint density at radius 1 is 1.40 bits per heavy atom. The first-order valence-electron chi connectivity index (χ1n) is 5.65. The van der Waals surface area contributed by atoms with Gasteiger partial charge >= 0.3 is 5.97 Å². The molecule has 0 rings (SSSR count). The summed E-state index contributed by atoms with van der Waals surface area (Å²) >= 11 is 0. The van der Waals surface area contributed by atoms with Gasteiger partial charge in [-0.15, -0.1) is 0 Å². The Hall–Kier alpha value is -0.990. The smallest absolute Gasteiger partial charge is 0.333 e. The molecule has 2 N–H and O–H groups in total. The van der Waals surface area contributed by atoms with Crippen LogP contribution in [0.1, 0.15) is 47.0 Å². The summed E-state index contributed by atoms with van der Waals surface area (Å²) in [6, 6.07) is 0. The molecule has 0 unspecified atom stereocenters. The van der Waals surface area contributed by atoms with E-state index in [1.165, 1.54) is 0 Å². The van der Waals surface area contributed by atoms with E-state index in [2.05, 4.69) is 26.1 Å². The highest BCUT2D eigenvalue weighted by molar-refractivity contribution is 5.86. The second-order valence-electron chi connectivity index (χ2n) is 4.29. The first-order valence-corrected chi connectivity index (χ1v) is 5.65. The highest BCUT2D eigenvalue weighted by atomic mass is 16.4. The Balaban J connectivity index is 4.43. The highest BCUT2D eigenvalue weighted by Crippen LogP contribution is 2.10. The normalized spacial score (nSPS) is 12.6. The zero-order chi connectivity index (χ0) is 11.8. The molecule has 15 heavy (non-hydrogen) atoms. The van der Waals surface area contributed by atoms with Crippen molar-refractivity contribution >= 4 is 5.97 Å². The van der Waals surface area contributed by atoms with Crippen molar-refractivity contribution in [3.63, 3.8) is 0 Å². The minimum absolute atomic E-state index is 0.448. The highest BCUT2D eigenvalue weighted by Gasteiger charge is 2.08. The first-order chi connectivity index (χ1) is 6.99. The van der Waals surface area contributed by atoms with E-state index in [0.717, 1.165) is 31.5 Å². The second-order valence-corrected chi connectivity index (χ2v) is 4.29. The van der Waals surface area contributed by atoms with Crippen LogP contribution in [0, 0.1) is 5.92 Å². The van der Waals surface area contributed by atoms with Crippen molar-refractivity contribution < 1.29 is 9.90 Å². The second kappa shape index (κ2) is 7.32. The summed E-state index contributed by atoms with van der Waals surface area (Å²) in [7, 11) is 0. The molecule has 0 saturated heterocycles. The van der Waals surface area contributed by atoms with Crippen molar-refractivity contribution in [2.24, 2.45) is 5.92 Å². The molecule has 3 heteroatoms. The number of rotatable bonds is 7. The fraction of sp³-hybridized carbons (Fsp3) is 0.750. The number of hydrogen-bond donors (Lipinski definition) is 2. The number of unbranched alkanes of at least 4 members (excludes halogenated alkanes) is 1. The van der Waals surface area contributed by atoms with Crippen molar-refractivity contribution in [1.29, 1.82) is 0 Å². The lowest BCUT2D eigenvalue weighted by Crippen LogP contribution is -2.22. The van der Waals surface area contributed by atoms with Gasteiger partial charge in [-0.2, -0.15) is 0 Å². The number of aliphatic carboxylic acids is 1. The van der Waals surface area contributed by atoms with Gasteiger partial charge in [0.15, 0.2) is 0 Å². The molecule has 0 aliphatic rings. The minimum atomic E-state index is -0.822. The largest absolute Gasteiger partial charge is 0.478 e. The molecular formula is C12H23NO2. The van der Waals surface area contributed by atoms with Crippen molar-refractivity contribution in [3.05, 3.63) is 11.3 Å². The number of carboxylic acid groups (broad SMARTS) is 1. The predicted molar refractivity (Wildman–Crippen MR) is 62.7 cm³/mol. The van der Waals surface area contributed by atoms with Crippen LogP contribution in [-0.2, 0) is 4.79 Å². The quantitative estimate of drug-likeness (QED) is 0.639. The molecule has 0 amide bonds. The zero-order valence-corrected chi connectivity index (χ0v) is 10.3. The molecule has 0 spiro atoms. The summed E-state index contributed by atoms with van der Waals surface area (Å²) in [6.45, 7) is 8.83. The van der Waals surface area contributed by atoms with Gasteiger partial charge in [0.25, 0.3) is 0 Å². The van der Waals surface area contributed by atoms with Gasteiger partial charge in [-0.05, 0) is 25.7 Å². The van der Waals surface area contributed by atoms with Crippen LogP contribution >= 0.6 is 0 Å². The van der Waals surface area contributed by atoms with Gasteiger partial charge in [0, 0.05) is 12.2 Å². The lowest BCUT2D eigenvalue weighted by atomic mass is 10.1. The third-order valence-corrected chi connectivity index (χ3v) is 2.28. The van der Waals surface area contributed by atoms with Crippen molar-refractivity contribution in [2.45, 2.75) is 47.0 Å². The maximum absolute atomic E-state index is 10.9. The van der Waals surface area contributed by atoms with Crippen LogP contribution in [0.15, 0.2) is 11.3 Å². The standard InChI is InChI=1S/C12H23NO2/c1-5-6-7-11(10(4)12(14)15)13-8-9(2)3/h9,13H,5-8H2,1-4H3,(H,14,15). The average Bonchev–Trinajstić information content (AvgIpc) is 2.16. The third-order valence-electron chi connectivity index (χ3n) is 2.28. The van der Waals surface area contributed by atoms with Crippen molar-refractivity contribution in [2.75, 3.05) is 6.54 Å². The molecule has 0 aliphatic carbocycles. The molecule has 3 nitrogen and oxygen atoms in total. The van der Waals surface area contributed by atoms with Gasteiger partial charge in [0.2, 0.25) is 0 Å². The fourth-order valence-electron chi connectivity index (χ4n) is 1.22. The lowest BCUT2D eigenvalue weighted by Gasteiger charge is -2.14. The van der Waals surface area contributed by atoms with E-state index in [1.807, 2.05) is 0 Å². The summed E-state index contributed by atoms with van der Waals surface area (Å²) in [5.74, 6) is -0.291. The van der Waals surface area contributed by atoms with Gasteiger partial charge < -0.3 is 10.4 Å². The van der Waals surface area contributed by atoms with Crippen LogP contribution in [0.4, 0.5) is 0 Å². The van der Waals surface area contributed by atoms with Gasteiger partial charge in [0.1, 0.15) is 0 Å². The van der Waals surface area contributed by atoms with E-state index in [0.29, 0.717) is 11.5 Å². The van der Waals surface area contributed by atoms with Crippen molar-refractivity contribution in [3.8, 4) is 0 Å². The summed E-state index contributed by atoms with van der Waals surface area (Å²) in [5, 5.41) is 12.2. The number of nitrogens with one attached hydrogen (secondary N) is 1. The minimum Gasteiger partial charge on any atom is -0.478 e. The summed E-state index contributed by atoms with van der Waals surface area (Å²) in [6.07, 6.45) is 2.95. The summed E-state index contributed by atoms with van der Waals surface area (Å²) in [4.78, 5) is 10.9. The summed E-state index contributed by atoms with van der Waals surface area (Å²) < 4.78 is 0. The molecule has 0 heterocycles. The molecular weight excluding hydrogens is 190 g/mol. The Bertz CT molecular complexity index is 232. The molecule has 0 aromatic heterocycles. The topological polar surface area (TPSA) is 49.3 Å². The Labute approximate surface area is 92.6 Å². The Kier molecular flexibility index (Phi) is 6.84. The summed E-state index contributed by atoms with van der Waals surface area (Å²) in [5.41, 5.74) is 1.34. The molecule has 0 aromatic carbocycles. The molecule has 0 aromatic rings. The van der Waals surface area contributed by atoms with Crippen LogP contribution in [0.5, 0.6) is 0 Å². The Morgan fingerprint density at radius 3 is 2.40 bits per heavy atom. The molecule has 0 fully saturated rings. The fourth-order valence-corrected chi connectivity index (χ4v) is 1.22. The van der Waals surface area contributed by atoms with Gasteiger partial charge in [-0.25, -0.2) is 4.79 Å². The maximum Gasteiger partial charge on any atom is 0.333 e. The number of carbonyl (C=O) groups is 1. The number of carboxylic acids is 1. The molecule has 0 bridgehead atoms. The van der Waals surface area contributed by atoms with E-state index >= 15 is 0 Å². The van der Waals surface area contributed by atoms with E-state index < -0.39 is 5.97 Å². The van der Waals surface area contributed by atoms with Crippen molar-refractivity contribution in [1.82, 2.24) is 5.32 Å². The van der Waals surface area contributed by atoms with Gasteiger partial charge in [0.05, 0.1) is 5.57 Å². The molecule has 0 radical (unpaired) electrons. The number of allylic oxidation sites excluding steroid dienone is 1. The van der Waals surface area contributed by atoms with E-state index in [-0.39, 0.29) is 0 Å². The Morgan fingerprint density at radius 2 is 2.00 bits per heavy atom. The lowest BCUT2D eigenvalue weighted by molar-refractivity contribution is -0.132. The van der Waals surface area contributed by atoms with Gasteiger partial charge in [-0.3, -0.25) is 0 Å². The SMILES string of the molecule is CCCCC(NCC(C)C)=C(C)C(=O)O. The molecule has 88 valence electrons. The number of hydrogen-bond acceptors (Lipinski definition) is 2. The van der Waals surface area contributed by atoms with E-state index in [1.54, 1.807) is 6.92 Å². The van der Waals surface area contributed by atoms with Crippen LogP contribution in [0.25, 0.3) is 0 Å². The zero-order valence-electron chi connectivity index (χ0n) is 10.3. The van der Waals surface area contributed by atoms with Crippen LogP contribution < -0.4 is 5.32 Å². The van der Waals surface area contributed by atoms with Gasteiger partial charge in [-0.1, -0.05) is 27.2 Å². The molecule has 0 saturated carbocycles. The van der Waals surface area contributed by atoms with Crippen LogP contribution in [0.3, 0.4) is 0 Å². The molecule has 0 atom stereocenters. The monoisotopic (exact) mass is 213 g/mol.